The average Bonchev–Trinajstić information content (AvgIpc) is 2.34. The Balaban J connectivity index is 2.60. The first kappa shape index (κ1) is 13.0. The number of hydroxylamine groups is 1. The Bertz CT molecular complexity index is 434. The third kappa shape index (κ3) is 4.12. The number of carboxylic acid groups (broad SMARTS) is 1. The van der Waals surface area contributed by atoms with Crippen molar-refractivity contribution in [3.63, 3.8) is 0 Å². The lowest BCUT2D eigenvalue weighted by atomic mass is 10.2. The van der Waals surface area contributed by atoms with Gasteiger partial charge in [-0.15, -0.1) is 6.58 Å². The fourth-order valence-corrected chi connectivity index (χ4v) is 1.16. The fourth-order valence-electron chi connectivity index (χ4n) is 1.03. The monoisotopic (exact) mass is 252 g/mol. The number of aromatic carboxylic acids is 1. The highest BCUT2D eigenvalue weighted by atomic mass is 32.1. The van der Waals surface area contributed by atoms with Gasteiger partial charge < -0.3 is 15.3 Å². The average molecular weight is 252 g/mol. The van der Waals surface area contributed by atoms with Crippen LogP contribution in [0.1, 0.15) is 10.4 Å². The Labute approximate surface area is 104 Å². The lowest BCUT2D eigenvalue weighted by Crippen LogP contribution is -2.37. The summed E-state index contributed by atoms with van der Waals surface area (Å²) in [5, 5.41) is 11.9. The van der Waals surface area contributed by atoms with E-state index in [-0.39, 0.29) is 16.4 Å². The summed E-state index contributed by atoms with van der Waals surface area (Å²) < 4.78 is 0. The molecule has 0 spiro atoms. The molecule has 0 fully saturated rings. The summed E-state index contributed by atoms with van der Waals surface area (Å²) in [7, 11) is 0. The van der Waals surface area contributed by atoms with Crippen molar-refractivity contribution in [3.8, 4) is 5.75 Å². The second kappa shape index (κ2) is 6.49. The van der Waals surface area contributed by atoms with Gasteiger partial charge in [-0.25, -0.2) is 4.79 Å². The van der Waals surface area contributed by atoms with Gasteiger partial charge in [-0.2, -0.15) is 5.48 Å². The molecule has 0 heterocycles. The Morgan fingerprint density at radius 2 is 2.24 bits per heavy atom. The molecule has 1 aromatic rings. The van der Waals surface area contributed by atoms with Crippen LogP contribution in [0.25, 0.3) is 0 Å². The first-order valence-corrected chi connectivity index (χ1v) is 5.20. The minimum atomic E-state index is -1.06. The van der Waals surface area contributed by atoms with E-state index in [4.69, 9.17) is 22.2 Å². The van der Waals surface area contributed by atoms with Gasteiger partial charge in [0.2, 0.25) is 0 Å². The van der Waals surface area contributed by atoms with Gasteiger partial charge in [0.25, 0.3) is 0 Å². The number of rotatable bonds is 5. The molecule has 0 radical (unpaired) electrons. The van der Waals surface area contributed by atoms with Crippen LogP contribution in [-0.2, 0) is 0 Å². The number of nitrogens with one attached hydrogen (secondary N) is 2. The van der Waals surface area contributed by atoms with Crippen molar-refractivity contribution in [1.29, 1.82) is 0 Å². The van der Waals surface area contributed by atoms with Crippen LogP contribution >= 0.6 is 12.2 Å². The molecule has 1 aromatic carbocycles. The zero-order valence-electron chi connectivity index (χ0n) is 8.97. The maximum Gasteiger partial charge on any atom is 0.339 e. The summed E-state index contributed by atoms with van der Waals surface area (Å²) in [6.07, 6.45) is 1.64. The predicted molar refractivity (Wildman–Crippen MR) is 68.0 cm³/mol. The van der Waals surface area contributed by atoms with Crippen LogP contribution in [0, 0.1) is 0 Å². The summed E-state index contributed by atoms with van der Waals surface area (Å²) >= 11 is 4.89. The van der Waals surface area contributed by atoms with Gasteiger partial charge >= 0.3 is 5.97 Å². The van der Waals surface area contributed by atoms with E-state index in [0.29, 0.717) is 6.54 Å². The molecular weight excluding hydrogens is 240 g/mol. The van der Waals surface area contributed by atoms with Gasteiger partial charge in [-0.05, 0) is 24.4 Å². The van der Waals surface area contributed by atoms with E-state index in [1.807, 2.05) is 0 Å². The third-order valence-electron chi connectivity index (χ3n) is 1.78. The Kier molecular flexibility index (Phi) is 4.96. The first-order chi connectivity index (χ1) is 8.15. The predicted octanol–water partition coefficient (Wildman–Crippen LogP) is 1.33. The van der Waals surface area contributed by atoms with E-state index < -0.39 is 5.97 Å². The fraction of sp³-hybridized carbons (Fsp3) is 0.0909. The van der Waals surface area contributed by atoms with E-state index in [1.165, 1.54) is 12.1 Å². The second-order valence-corrected chi connectivity index (χ2v) is 3.41. The van der Waals surface area contributed by atoms with Crippen LogP contribution in [0.15, 0.2) is 36.9 Å². The highest BCUT2D eigenvalue weighted by molar-refractivity contribution is 7.80. The molecule has 5 nitrogen and oxygen atoms in total. The quantitative estimate of drug-likeness (QED) is 0.417. The van der Waals surface area contributed by atoms with Crippen LogP contribution in [0.5, 0.6) is 5.75 Å². The number of hydrogen-bond donors (Lipinski definition) is 3. The molecule has 0 atom stereocenters. The first-order valence-electron chi connectivity index (χ1n) is 4.79. The molecule has 3 N–H and O–H groups in total. The summed E-state index contributed by atoms with van der Waals surface area (Å²) in [5.41, 5.74) is 2.50. The molecule has 0 unspecified atom stereocenters. The van der Waals surface area contributed by atoms with Crippen molar-refractivity contribution in [2.45, 2.75) is 0 Å². The van der Waals surface area contributed by atoms with Gasteiger partial charge in [-0.1, -0.05) is 18.2 Å². The smallest absolute Gasteiger partial charge is 0.339 e. The molecule has 0 aromatic heterocycles. The van der Waals surface area contributed by atoms with Gasteiger partial charge in [0.1, 0.15) is 5.56 Å². The molecule has 6 heteroatoms. The standard InChI is InChI=1S/C11H12N2O3S/c1-2-7-12-11(17)13-16-9-6-4-3-5-8(9)10(14)15/h2-6H,1,7H2,(H,14,15)(H2,12,13,17). The maximum atomic E-state index is 10.9. The molecule has 0 amide bonds. The van der Waals surface area contributed by atoms with Crippen LogP contribution in [0.4, 0.5) is 0 Å². The van der Waals surface area contributed by atoms with Gasteiger partial charge in [0.15, 0.2) is 10.9 Å². The zero-order chi connectivity index (χ0) is 12.7. The Morgan fingerprint density at radius 1 is 1.53 bits per heavy atom. The van der Waals surface area contributed by atoms with E-state index >= 15 is 0 Å². The highest BCUT2D eigenvalue weighted by Gasteiger charge is 2.10. The van der Waals surface area contributed by atoms with Crippen molar-refractivity contribution in [3.05, 3.63) is 42.5 Å². The van der Waals surface area contributed by atoms with Crippen LogP contribution in [0.2, 0.25) is 0 Å². The minimum Gasteiger partial charge on any atom is -0.478 e. The Hall–Kier alpha value is -2.08. The lowest BCUT2D eigenvalue weighted by molar-refractivity contribution is 0.0690. The molecular formula is C11H12N2O3S. The number of thiocarbonyl (C=S) groups is 1. The normalized spacial score (nSPS) is 9.18. The highest BCUT2D eigenvalue weighted by Crippen LogP contribution is 2.16. The van der Waals surface area contributed by atoms with Crippen LogP contribution < -0.4 is 15.6 Å². The third-order valence-corrected chi connectivity index (χ3v) is 2.01. The van der Waals surface area contributed by atoms with E-state index in [1.54, 1.807) is 18.2 Å². The van der Waals surface area contributed by atoms with Crippen molar-refractivity contribution in [2.75, 3.05) is 6.54 Å². The largest absolute Gasteiger partial charge is 0.478 e. The molecule has 0 bridgehead atoms. The molecule has 0 saturated carbocycles. The summed E-state index contributed by atoms with van der Waals surface area (Å²) in [6, 6.07) is 6.26. The van der Waals surface area contributed by atoms with Crippen LogP contribution in [-0.4, -0.2) is 22.7 Å². The SMILES string of the molecule is C=CCNC(=S)NOc1ccccc1C(=O)O. The van der Waals surface area contributed by atoms with Gasteiger partial charge in [-0.3, -0.25) is 0 Å². The molecule has 0 aliphatic heterocycles. The van der Waals surface area contributed by atoms with Crippen molar-refractivity contribution in [1.82, 2.24) is 10.8 Å². The summed E-state index contributed by atoms with van der Waals surface area (Å²) in [5.74, 6) is -0.866. The lowest BCUT2D eigenvalue weighted by Gasteiger charge is -2.11. The van der Waals surface area contributed by atoms with Gasteiger partial charge in [0.05, 0.1) is 0 Å². The number of hydrogen-bond acceptors (Lipinski definition) is 3. The topological polar surface area (TPSA) is 70.6 Å². The molecule has 0 aliphatic carbocycles. The number of carboxylic acids is 1. The van der Waals surface area contributed by atoms with Crippen molar-refractivity contribution < 1.29 is 14.7 Å². The number of para-hydroxylation sites is 1. The van der Waals surface area contributed by atoms with E-state index in [0.717, 1.165) is 0 Å². The number of benzene rings is 1. The molecule has 0 aliphatic rings. The Morgan fingerprint density at radius 3 is 2.88 bits per heavy atom. The molecule has 17 heavy (non-hydrogen) atoms. The van der Waals surface area contributed by atoms with Crippen molar-refractivity contribution >= 4 is 23.3 Å². The molecule has 90 valence electrons. The van der Waals surface area contributed by atoms with Gasteiger partial charge in [0, 0.05) is 6.54 Å². The van der Waals surface area contributed by atoms with E-state index in [2.05, 4.69) is 17.4 Å². The summed E-state index contributed by atoms with van der Waals surface area (Å²) in [6.45, 7) is 4.02. The minimum absolute atomic E-state index is 0.0616. The maximum absolute atomic E-state index is 10.9. The molecule has 1 rings (SSSR count). The van der Waals surface area contributed by atoms with Crippen LogP contribution in [0.3, 0.4) is 0 Å². The zero-order valence-corrected chi connectivity index (χ0v) is 9.79. The number of carbonyl (C=O) groups is 1. The summed E-state index contributed by atoms with van der Waals surface area (Å²) in [4.78, 5) is 16.0. The van der Waals surface area contributed by atoms with Crippen molar-refractivity contribution in [2.24, 2.45) is 0 Å². The second-order valence-electron chi connectivity index (χ2n) is 3.00. The van der Waals surface area contributed by atoms with E-state index in [9.17, 15) is 4.79 Å². The molecule has 0 saturated heterocycles.